The van der Waals surface area contributed by atoms with E-state index < -0.39 is 0 Å². The van der Waals surface area contributed by atoms with Gasteiger partial charge in [0, 0.05) is 22.6 Å². The minimum absolute atomic E-state index is 0.0971. The van der Waals surface area contributed by atoms with Crippen LogP contribution >= 0.6 is 101 Å². The Labute approximate surface area is 473 Å². The highest BCUT2D eigenvalue weighted by Crippen LogP contribution is 2.61. The van der Waals surface area contributed by atoms with Crippen molar-refractivity contribution in [1.29, 1.82) is 0 Å². The maximum atomic E-state index is 13.3. The van der Waals surface area contributed by atoms with Gasteiger partial charge in [0.25, 0.3) is 0 Å². The molecule has 8 nitrogen and oxygen atoms in total. The second kappa shape index (κ2) is 19.8. The second-order valence-corrected chi connectivity index (χ2v) is 28.4. The maximum Gasteiger partial charge on any atom is 0.344 e. The summed E-state index contributed by atoms with van der Waals surface area (Å²) in [5.74, 6) is 7.59. The van der Waals surface area contributed by atoms with E-state index in [-0.39, 0.29) is 46.8 Å². The summed E-state index contributed by atoms with van der Waals surface area (Å²) in [6, 6.07) is 31.9. The van der Waals surface area contributed by atoms with Crippen molar-refractivity contribution in [3.63, 3.8) is 0 Å². The van der Waals surface area contributed by atoms with Gasteiger partial charge in [-0.3, -0.25) is 0 Å². The fraction of sp³-hybridized carbons (Fsp3) is 0.448. The molecular weight excluding hydrogens is 1360 g/mol. The summed E-state index contributed by atoms with van der Waals surface area (Å²) in [5.41, 5.74) is 1.29. The summed E-state index contributed by atoms with van der Waals surface area (Å²) < 4.78 is 44.2. The molecule has 0 amide bonds. The zero-order valence-electron chi connectivity index (χ0n) is 39.9. The topological polar surface area (TPSA) is 89.5 Å². The molecule has 8 aliphatic rings. The van der Waals surface area contributed by atoms with Crippen LogP contribution in [0.3, 0.4) is 0 Å². The van der Waals surface area contributed by atoms with Gasteiger partial charge in [-0.05, 0) is 288 Å². The summed E-state index contributed by atoms with van der Waals surface area (Å²) in [5, 5.41) is 2.28. The SMILES string of the molecule is CC1(OC(=O)COc2c(I)cc(COc3ccc4c(c3)c3cc(OCc5cc(I)c(OCC(=O)OC6(C)C7CC8CC(C7)CC6C8)c(I)c5)ccc3[s+]4-c3ccccc3)cc2I)C2CC3CC(C2)CC1C3. The number of carbonyl (C=O) groups excluding carboxylic acids is 2. The summed E-state index contributed by atoms with van der Waals surface area (Å²) in [4.78, 5) is 27.8. The van der Waals surface area contributed by atoms with Crippen molar-refractivity contribution < 1.29 is 38.0 Å². The van der Waals surface area contributed by atoms with Gasteiger partial charge in [0.15, 0.2) is 27.5 Å². The quantitative estimate of drug-likeness (QED) is 0.0571. The number of rotatable bonds is 15. The highest BCUT2D eigenvalue weighted by molar-refractivity contribution is 14.1. The minimum Gasteiger partial charge on any atom is -0.489 e. The van der Waals surface area contributed by atoms with E-state index in [1.807, 2.05) is 0 Å². The van der Waals surface area contributed by atoms with Gasteiger partial charge in [0.05, 0.1) is 25.1 Å². The van der Waals surface area contributed by atoms with E-state index in [0.29, 0.717) is 48.4 Å². The van der Waals surface area contributed by atoms with Crippen molar-refractivity contribution in [2.75, 3.05) is 13.2 Å². The third kappa shape index (κ3) is 9.58. The molecule has 8 bridgehead atoms. The molecule has 8 saturated carbocycles. The molecule has 0 radical (unpaired) electrons. The Hall–Kier alpha value is -2.62. The number of halogens is 4. The molecule has 8 aliphatic carbocycles. The van der Waals surface area contributed by atoms with Crippen LogP contribution in [0.1, 0.15) is 89.2 Å². The van der Waals surface area contributed by atoms with Gasteiger partial charge in [0.1, 0.15) is 47.4 Å². The first-order valence-electron chi connectivity index (χ1n) is 25.2. The van der Waals surface area contributed by atoms with Crippen molar-refractivity contribution in [2.24, 2.45) is 47.3 Å². The molecule has 71 heavy (non-hydrogen) atoms. The predicted octanol–water partition coefficient (Wildman–Crippen LogP) is 15.6. The van der Waals surface area contributed by atoms with E-state index >= 15 is 0 Å². The molecule has 8 fully saturated rings. The molecule has 13 heteroatoms. The molecule has 6 aromatic rings. The minimum atomic E-state index is -0.371. The van der Waals surface area contributed by atoms with Crippen LogP contribution in [0.2, 0.25) is 0 Å². The average molecular weight is 1420 g/mol. The molecule has 370 valence electrons. The first-order chi connectivity index (χ1) is 34.3. The van der Waals surface area contributed by atoms with E-state index in [4.69, 9.17) is 28.4 Å². The second-order valence-electron chi connectivity index (χ2n) is 21.8. The van der Waals surface area contributed by atoms with Crippen molar-refractivity contribution >= 4 is 133 Å². The van der Waals surface area contributed by atoms with Crippen LogP contribution in [0, 0.1) is 61.6 Å². The van der Waals surface area contributed by atoms with E-state index in [0.717, 1.165) is 71.4 Å². The number of carbonyl (C=O) groups is 2. The molecule has 1 aromatic heterocycles. The first-order valence-corrected chi connectivity index (χ1v) is 30.8. The Morgan fingerprint density at radius 3 is 1.23 bits per heavy atom. The molecule has 5 aromatic carbocycles. The lowest BCUT2D eigenvalue weighted by atomic mass is 9.50. The standard InChI is InChI=1S/C58H57I4O8S/c1-57(38-14-32-12-33(16-38)17-39(57)15-32)69-53(63)30-67-55-47(59)22-36(23-48(55)60)28-65-42-8-10-51-45(26-42)46-27-43(9-11-52(46)71(51)44-6-4-3-5-7-44)66-29-37-24-49(61)56(50(62)25-37)68-31-54(64)70-58(2)40-18-34-13-35(20-40)21-41(58)19-34/h3-11,22-27,32-35,38-41H,12-21,28-31H2,1-2H3/q+1. The van der Waals surface area contributed by atoms with E-state index in [2.05, 4.69) is 195 Å². The molecule has 0 saturated heterocycles. The van der Waals surface area contributed by atoms with E-state index in [9.17, 15) is 9.59 Å². The van der Waals surface area contributed by atoms with Crippen molar-refractivity contribution in [2.45, 2.75) is 102 Å². The number of benzene rings is 5. The van der Waals surface area contributed by atoms with Gasteiger partial charge in [-0.25, -0.2) is 9.59 Å². The van der Waals surface area contributed by atoms with Crippen LogP contribution in [0.5, 0.6) is 23.0 Å². The number of ether oxygens (including phenoxy) is 6. The monoisotopic (exact) mass is 1420 g/mol. The van der Waals surface area contributed by atoms with Crippen LogP contribution in [-0.2, 0) is 32.3 Å². The molecular formula is C58H57I4O8S+. The third-order valence-electron chi connectivity index (χ3n) is 17.4. The van der Waals surface area contributed by atoms with Crippen LogP contribution in [0.4, 0.5) is 0 Å². The number of fused-ring (bicyclic) bond motifs is 3. The van der Waals surface area contributed by atoms with Crippen LogP contribution < -0.4 is 18.9 Å². The molecule has 14 rings (SSSR count). The summed E-state index contributed by atoms with van der Waals surface area (Å²) >= 11 is 9.19. The van der Waals surface area contributed by atoms with Gasteiger partial charge in [-0.1, -0.05) is 18.2 Å². The zero-order valence-corrected chi connectivity index (χ0v) is 49.3. The Balaban J connectivity index is 0.709. The number of hydrogen-bond donors (Lipinski definition) is 0. The number of thiophene rings is 1. The summed E-state index contributed by atoms with van der Waals surface area (Å²) in [6.07, 6.45) is 12.3. The molecule has 0 atom stereocenters. The zero-order chi connectivity index (χ0) is 48.8. The van der Waals surface area contributed by atoms with E-state index in [1.165, 1.54) is 78.5 Å². The third-order valence-corrected chi connectivity index (χ3v) is 22.9. The van der Waals surface area contributed by atoms with Crippen LogP contribution in [-0.4, -0.2) is 36.4 Å². The molecule has 0 aliphatic heterocycles. The Morgan fingerprint density at radius 1 is 0.493 bits per heavy atom. The highest BCUT2D eigenvalue weighted by atomic mass is 127. The summed E-state index contributed by atoms with van der Waals surface area (Å²) in [7, 11) is -0.287. The number of hydrogen-bond acceptors (Lipinski definition) is 8. The van der Waals surface area contributed by atoms with Crippen molar-refractivity contribution in [3.05, 3.63) is 116 Å². The van der Waals surface area contributed by atoms with Crippen LogP contribution in [0.25, 0.3) is 25.1 Å². The maximum absolute atomic E-state index is 13.3. The normalized spacial score (nSPS) is 29.1. The van der Waals surface area contributed by atoms with Gasteiger partial charge in [0.2, 0.25) is 0 Å². The molecule has 1 heterocycles. The Kier molecular flexibility index (Phi) is 13.8. The van der Waals surface area contributed by atoms with E-state index in [1.54, 1.807) is 0 Å². The molecule has 0 unspecified atom stereocenters. The Morgan fingerprint density at radius 2 is 0.859 bits per heavy atom. The lowest BCUT2D eigenvalue weighted by Gasteiger charge is -2.59. The Bertz CT molecular complexity index is 2780. The lowest BCUT2D eigenvalue weighted by Crippen LogP contribution is -2.58. The fourth-order valence-corrected chi connectivity index (χ4v) is 21.1. The van der Waals surface area contributed by atoms with Gasteiger partial charge in [-0.15, -0.1) is 0 Å². The first kappa shape index (κ1) is 49.3. The molecule has 0 spiro atoms. The van der Waals surface area contributed by atoms with Gasteiger partial charge < -0.3 is 28.4 Å². The van der Waals surface area contributed by atoms with Gasteiger partial charge in [-0.2, -0.15) is 0 Å². The van der Waals surface area contributed by atoms with Gasteiger partial charge >= 0.3 is 11.9 Å². The fourth-order valence-electron chi connectivity index (χ4n) is 14.3. The lowest BCUT2D eigenvalue weighted by molar-refractivity contribution is -0.205. The van der Waals surface area contributed by atoms with Crippen molar-refractivity contribution in [3.8, 4) is 27.9 Å². The van der Waals surface area contributed by atoms with Crippen LogP contribution in [0.15, 0.2) is 91.0 Å². The van der Waals surface area contributed by atoms with Crippen molar-refractivity contribution in [1.82, 2.24) is 0 Å². The smallest absolute Gasteiger partial charge is 0.344 e. The molecule has 0 N–H and O–H groups in total. The number of esters is 2. The highest BCUT2D eigenvalue weighted by Gasteiger charge is 2.58. The summed E-state index contributed by atoms with van der Waals surface area (Å²) in [6.45, 7) is 4.92. The predicted molar refractivity (Wildman–Crippen MR) is 312 cm³/mol. The average Bonchev–Trinajstić information content (AvgIpc) is 3.66. The largest absolute Gasteiger partial charge is 0.489 e.